The van der Waals surface area contributed by atoms with Gasteiger partial charge in [-0.15, -0.1) is 11.3 Å². The normalized spacial score (nSPS) is 8.45. The van der Waals surface area contributed by atoms with E-state index in [9.17, 15) is 4.79 Å². The molecule has 0 fully saturated rings. The molecule has 1 N–H and O–H groups in total. The van der Waals surface area contributed by atoms with Crippen LogP contribution in [0.1, 0.15) is 5.56 Å². The molecule has 1 aromatic rings. The van der Waals surface area contributed by atoms with E-state index in [1.54, 1.807) is 11.4 Å². The van der Waals surface area contributed by atoms with Crippen molar-refractivity contribution < 1.29 is 9.90 Å². The second-order valence-electron chi connectivity index (χ2n) is 1.69. The van der Waals surface area contributed by atoms with Crippen LogP contribution in [0, 0.1) is 11.8 Å². The third kappa shape index (κ3) is 2.62. The summed E-state index contributed by atoms with van der Waals surface area (Å²) < 4.78 is 0.611. The number of halogens is 1. The quantitative estimate of drug-likeness (QED) is 0.628. The zero-order chi connectivity index (χ0) is 8.27. The van der Waals surface area contributed by atoms with Crippen LogP contribution in [0.25, 0.3) is 0 Å². The van der Waals surface area contributed by atoms with Crippen molar-refractivity contribution in [2.45, 2.75) is 0 Å². The van der Waals surface area contributed by atoms with Gasteiger partial charge in [-0.1, -0.05) is 17.5 Å². The first-order chi connectivity index (χ1) is 5.18. The molecular weight excluding hydrogens is 184 g/mol. The first kappa shape index (κ1) is 8.12. The zero-order valence-electron chi connectivity index (χ0n) is 5.30. The lowest BCUT2D eigenvalue weighted by atomic mass is 10.3. The van der Waals surface area contributed by atoms with Crippen molar-refractivity contribution in [1.29, 1.82) is 0 Å². The van der Waals surface area contributed by atoms with Crippen LogP contribution in [0.2, 0.25) is 4.34 Å². The van der Waals surface area contributed by atoms with Gasteiger partial charge in [0.25, 0.3) is 0 Å². The Morgan fingerprint density at radius 2 is 2.45 bits per heavy atom. The van der Waals surface area contributed by atoms with Gasteiger partial charge in [-0.2, -0.15) is 0 Å². The highest BCUT2D eigenvalue weighted by Gasteiger charge is 1.92. The number of thiophene rings is 1. The number of aliphatic carboxylic acids is 1. The Balaban J connectivity index is 2.82. The van der Waals surface area contributed by atoms with E-state index in [0.717, 1.165) is 0 Å². The summed E-state index contributed by atoms with van der Waals surface area (Å²) in [5.74, 6) is 3.30. The van der Waals surface area contributed by atoms with Gasteiger partial charge in [0.2, 0.25) is 0 Å². The van der Waals surface area contributed by atoms with Crippen molar-refractivity contribution in [3.63, 3.8) is 0 Å². The molecule has 0 saturated heterocycles. The number of hydrogen-bond donors (Lipinski definition) is 1. The van der Waals surface area contributed by atoms with Gasteiger partial charge in [0.15, 0.2) is 0 Å². The largest absolute Gasteiger partial charge is 0.472 e. The van der Waals surface area contributed by atoms with E-state index in [2.05, 4.69) is 5.92 Å². The van der Waals surface area contributed by atoms with Crippen LogP contribution in [0.4, 0.5) is 0 Å². The Bertz CT molecular complexity index is 332. The Labute approximate surface area is 72.4 Å². The van der Waals surface area contributed by atoms with Crippen LogP contribution in [0.15, 0.2) is 11.4 Å². The molecular formula is C7H3ClO2S. The van der Waals surface area contributed by atoms with E-state index in [-0.39, 0.29) is 0 Å². The minimum Gasteiger partial charge on any atom is -0.472 e. The monoisotopic (exact) mass is 186 g/mol. The number of carbonyl (C=O) groups is 1. The lowest BCUT2D eigenvalue weighted by Crippen LogP contribution is -1.86. The molecule has 1 aromatic heterocycles. The minimum atomic E-state index is -1.13. The van der Waals surface area contributed by atoms with Gasteiger partial charge in [0, 0.05) is 16.9 Å². The molecule has 1 heterocycles. The van der Waals surface area contributed by atoms with Gasteiger partial charge in [-0.05, 0) is 6.07 Å². The summed E-state index contributed by atoms with van der Waals surface area (Å²) in [5.41, 5.74) is 0.641. The van der Waals surface area contributed by atoms with Crippen molar-refractivity contribution in [1.82, 2.24) is 0 Å². The second-order valence-corrected chi connectivity index (χ2v) is 3.24. The first-order valence-corrected chi connectivity index (χ1v) is 3.93. The van der Waals surface area contributed by atoms with Gasteiger partial charge in [0.1, 0.15) is 0 Å². The van der Waals surface area contributed by atoms with E-state index >= 15 is 0 Å². The van der Waals surface area contributed by atoms with Crippen LogP contribution < -0.4 is 0 Å². The molecule has 0 saturated carbocycles. The molecule has 1 rings (SSSR count). The molecule has 2 nitrogen and oxygen atoms in total. The molecule has 0 aliphatic rings. The number of rotatable bonds is 0. The summed E-state index contributed by atoms with van der Waals surface area (Å²) >= 11 is 6.91. The Kier molecular flexibility index (Phi) is 2.53. The Morgan fingerprint density at radius 3 is 2.91 bits per heavy atom. The third-order valence-corrected chi connectivity index (χ3v) is 1.97. The highest BCUT2D eigenvalue weighted by Crippen LogP contribution is 2.18. The smallest absolute Gasteiger partial charge is 0.382 e. The lowest BCUT2D eigenvalue weighted by molar-refractivity contribution is -0.130. The average molecular weight is 187 g/mol. The number of carboxylic acids is 1. The van der Waals surface area contributed by atoms with Gasteiger partial charge in [0.05, 0.1) is 4.34 Å². The standard InChI is InChI=1S/C7H3ClO2S/c8-6-3-5(4-11-6)1-2-7(9)10/h3-4H,(H,9,10). The molecule has 0 aliphatic heterocycles. The summed E-state index contributed by atoms with van der Waals surface area (Å²) in [6, 6.07) is 1.63. The van der Waals surface area contributed by atoms with Crippen molar-refractivity contribution in [3.8, 4) is 11.8 Å². The molecule has 11 heavy (non-hydrogen) atoms. The maximum atomic E-state index is 9.98. The van der Waals surface area contributed by atoms with Crippen molar-refractivity contribution in [3.05, 3.63) is 21.3 Å². The highest BCUT2D eigenvalue weighted by atomic mass is 35.5. The Hall–Kier alpha value is -0.980. The molecule has 0 radical (unpaired) electrons. The summed E-state index contributed by atoms with van der Waals surface area (Å²) in [4.78, 5) is 9.98. The molecule has 0 bridgehead atoms. The molecule has 0 amide bonds. The topological polar surface area (TPSA) is 37.3 Å². The van der Waals surface area contributed by atoms with Gasteiger partial charge >= 0.3 is 5.97 Å². The van der Waals surface area contributed by atoms with E-state index < -0.39 is 5.97 Å². The maximum Gasteiger partial charge on any atom is 0.382 e. The molecule has 0 atom stereocenters. The Morgan fingerprint density at radius 1 is 1.73 bits per heavy atom. The molecule has 0 unspecified atom stereocenters. The molecule has 0 aromatic carbocycles. The zero-order valence-corrected chi connectivity index (χ0v) is 6.87. The SMILES string of the molecule is O=C(O)C#Cc1csc(Cl)c1. The van der Waals surface area contributed by atoms with Crippen LogP contribution >= 0.6 is 22.9 Å². The molecule has 56 valence electrons. The van der Waals surface area contributed by atoms with E-state index in [1.165, 1.54) is 11.3 Å². The highest BCUT2D eigenvalue weighted by molar-refractivity contribution is 7.14. The summed E-state index contributed by atoms with van der Waals surface area (Å²) in [6.45, 7) is 0. The van der Waals surface area contributed by atoms with E-state index in [1.807, 2.05) is 5.92 Å². The summed E-state index contributed by atoms with van der Waals surface area (Å²) in [7, 11) is 0. The first-order valence-electron chi connectivity index (χ1n) is 2.67. The van der Waals surface area contributed by atoms with Crippen LogP contribution in [-0.4, -0.2) is 11.1 Å². The summed E-state index contributed by atoms with van der Waals surface area (Å²) in [5, 5.41) is 9.89. The molecule has 0 aliphatic carbocycles. The van der Waals surface area contributed by atoms with Crippen molar-refractivity contribution in [2.24, 2.45) is 0 Å². The number of hydrogen-bond acceptors (Lipinski definition) is 2. The fourth-order valence-corrected chi connectivity index (χ4v) is 1.31. The van der Waals surface area contributed by atoms with Crippen molar-refractivity contribution in [2.75, 3.05) is 0 Å². The predicted octanol–water partition coefficient (Wildman–Crippen LogP) is 1.84. The van der Waals surface area contributed by atoms with Gasteiger partial charge < -0.3 is 5.11 Å². The fraction of sp³-hybridized carbons (Fsp3) is 0. The molecule has 4 heteroatoms. The summed E-state index contributed by atoms with van der Waals surface area (Å²) in [6.07, 6.45) is 0. The van der Waals surface area contributed by atoms with Gasteiger partial charge in [-0.25, -0.2) is 4.79 Å². The second kappa shape index (κ2) is 3.42. The number of carboxylic acid groups (broad SMARTS) is 1. The minimum absolute atomic E-state index is 0.611. The lowest BCUT2D eigenvalue weighted by Gasteiger charge is -1.73. The third-order valence-electron chi connectivity index (χ3n) is 0.881. The van der Waals surface area contributed by atoms with Crippen LogP contribution in [0.3, 0.4) is 0 Å². The van der Waals surface area contributed by atoms with Gasteiger partial charge in [-0.3, -0.25) is 0 Å². The van der Waals surface area contributed by atoms with Crippen LogP contribution in [-0.2, 0) is 4.79 Å². The fourth-order valence-electron chi connectivity index (χ4n) is 0.501. The van der Waals surface area contributed by atoms with Crippen LogP contribution in [0.5, 0.6) is 0 Å². The predicted molar refractivity (Wildman–Crippen MR) is 43.8 cm³/mol. The maximum absolute atomic E-state index is 9.98. The van der Waals surface area contributed by atoms with E-state index in [0.29, 0.717) is 9.90 Å². The van der Waals surface area contributed by atoms with E-state index in [4.69, 9.17) is 16.7 Å². The van der Waals surface area contributed by atoms with Crippen molar-refractivity contribution >= 4 is 28.9 Å². The average Bonchev–Trinajstić information content (AvgIpc) is 2.31. The molecule has 0 spiro atoms.